The van der Waals surface area contributed by atoms with Crippen molar-refractivity contribution in [2.45, 2.75) is 13.8 Å². The summed E-state index contributed by atoms with van der Waals surface area (Å²) in [6.45, 7) is 3.71. The number of nitrogens with one attached hydrogen (secondary N) is 3. The van der Waals surface area contributed by atoms with E-state index >= 15 is 0 Å². The number of H-pyrrole nitrogens is 2. The quantitative estimate of drug-likeness (QED) is 0.655. The standard InChI is InChI=1S/C13H13N5O/c1-7-12(8(2)17-16-7)15-13(19)9-3-4-10-6-14-18-11(10)5-9/h3-6H,1-2H3,(H,14,18)(H,15,19)(H,16,17). The van der Waals surface area contributed by atoms with Crippen molar-refractivity contribution in [2.75, 3.05) is 5.32 Å². The van der Waals surface area contributed by atoms with E-state index in [4.69, 9.17) is 0 Å². The highest BCUT2D eigenvalue weighted by Crippen LogP contribution is 2.18. The summed E-state index contributed by atoms with van der Waals surface area (Å²) < 4.78 is 0. The summed E-state index contributed by atoms with van der Waals surface area (Å²) in [6, 6.07) is 5.42. The third kappa shape index (κ3) is 1.97. The van der Waals surface area contributed by atoms with Gasteiger partial charge in [-0.1, -0.05) is 6.07 Å². The molecule has 0 aliphatic carbocycles. The maximum atomic E-state index is 12.2. The highest BCUT2D eigenvalue weighted by molar-refractivity contribution is 6.06. The Bertz CT molecular complexity index is 736. The summed E-state index contributed by atoms with van der Waals surface area (Å²) in [7, 11) is 0. The van der Waals surface area contributed by atoms with Crippen molar-refractivity contribution in [3.8, 4) is 0 Å². The molecule has 0 aliphatic rings. The minimum Gasteiger partial charge on any atom is -0.319 e. The number of fused-ring (bicyclic) bond motifs is 1. The first-order valence-electron chi connectivity index (χ1n) is 5.91. The van der Waals surface area contributed by atoms with Gasteiger partial charge in [-0.25, -0.2) is 0 Å². The first-order chi connectivity index (χ1) is 9.15. The molecule has 2 heterocycles. The molecule has 0 atom stereocenters. The van der Waals surface area contributed by atoms with Gasteiger partial charge in [-0.15, -0.1) is 0 Å². The van der Waals surface area contributed by atoms with Crippen LogP contribution in [0.25, 0.3) is 10.9 Å². The molecule has 3 aromatic rings. The number of hydrogen-bond acceptors (Lipinski definition) is 3. The molecule has 0 saturated carbocycles. The van der Waals surface area contributed by atoms with E-state index in [1.54, 1.807) is 18.3 Å². The molecule has 0 bridgehead atoms. The molecule has 0 spiro atoms. The van der Waals surface area contributed by atoms with Crippen LogP contribution in [0.4, 0.5) is 5.69 Å². The smallest absolute Gasteiger partial charge is 0.255 e. The zero-order valence-corrected chi connectivity index (χ0v) is 10.6. The lowest BCUT2D eigenvalue weighted by atomic mass is 10.1. The summed E-state index contributed by atoms with van der Waals surface area (Å²) in [5.74, 6) is -0.163. The van der Waals surface area contributed by atoms with Gasteiger partial charge in [-0.2, -0.15) is 10.2 Å². The fraction of sp³-hybridized carbons (Fsp3) is 0.154. The number of anilines is 1. The number of carbonyl (C=O) groups is 1. The van der Waals surface area contributed by atoms with Crippen molar-refractivity contribution in [1.29, 1.82) is 0 Å². The van der Waals surface area contributed by atoms with Crippen LogP contribution in [0.2, 0.25) is 0 Å². The van der Waals surface area contributed by atoms with Crippen LogP contribution < -0.4 is 5.32 Å². The lowest BCUT2D eigenvalue weighted by molar-refractivity contribution is 0.102. The minimum absolute atomic E-state index is 0.163. The zero-order chi connectivity index (χ0) is 13.4. The van der Waals surface area contributed by atoms with Crippen molar-refractivity contribution in [1.82, 2.24) is 20.4 Å². The van der Waals surface area contributed by atoms with Gasteiger partial charge in [0.05, 0.1) is 28.8 Å². The van der Waals surface area contributed by atoms with E-state index in [-0.39, 0.29) is 5.91 Å². The van der Waals surface area contributed by atoms with E-state index in [2.05, 4.69) is 25.7 Å². The van der Waals surface area contributed by atoms with Gasteiger partial charge in [0.2, 0.25) is 0 Å². The molecule has 96 valence electrons. The molecule has 3 N–H and O–H groups in total. The topological polar surface area (TPSA) is 86.5 Å². The van der Waals surface area contributed by atoms with Gasteiger partial charge in [-0.05, 0) is 26.0 Å². The van der Waals surface area contributed by atoms with Crippen molar-refractivity contribution >= 4 is 22.5 Å². The van der Waals surface area contributed by atoms with Crippen molar-refractivity contribution in [3.63, 3.8) is 0 Å². The second-order valence-electron chi connectivity index (χ2n) is 4.44. The van der Waals surface area contributed by atoms with Crippen LogP contribution in [0.15, 0.2) is 24.4 Å². The van der Waals surface area contributed by atoms with Crippen LogP contribution in [-0.4, -0.2) is 26.3 Å². The highest BCUT2D eigenvalue weighted by atomic mass is 16.1. The number of nitrogens with zero attached hydrogens (tertiary/aromatic N) is 2. The van der Waals surface area contributed by atoms with Crippen LogP contribution in [0, 0.1) is 13.8 Å². The lowest BCUT2D eigenvalue weighted by Crippen LogP contribution is -2.12. The SMILES string of the molecule is Cc1n[nH]c(C)c1NC(=O)c1ccc2cn[nH]c2c1. The van der Waals surface area contributed by atoms with E-state index < -0.39 is 0 Å². The molecule has 0 saturated heterocycles. The van der Waals surface area contributed by atoms with Crippen LogP contribution >= 0.6 is 0 Å². The van der Waals surface area contributed by atoms with Crippen LogP contribution in [0.3, 0.4) is 0 Å². The third-order valence-electron chi connectivity index (χ3n) is 3.07. The molecular weight excluding hydrogens is 242 g/mol. The van der Waals surface area contributed by atoms with Crippen LogP contribution in [0.5, 0.6) is 0 Å². The predicted molar refractivity (Wildman–Crippen MR) is 72.1 cm³/mol. The number of carbonyl (C=O) groups excluding carboxylic acids is 1. The van der Waals surface area contributed by atoms with Crippen molar-refractivity contribution in [2.24, 2.45) is 0 Å². The summed E-state index contributed by atoms with van der Waals surface area (Å²) >= 11 is 0. The van der Waals surface area contributed by atoms with Gasteiger partial charge in [-0.3, -0.25) is 15.0 Å². The van der Waals surface area contributed by atoms with E-state index in [0.29, 0.717) is 5.56 Å². The Morgan fingerprint density at radius 2 is 2.11 bits per heavy atom. The van der Waals surface area contributed by atoms with Gasteiger partial charge < -0.3 is 5.32 Å². The van der Waals surface area contributed by atoms with E-state index in [9.17, 15) is 4.79 Å². The lowest BCUT2D eigenvalue weighted by Gasteiger charge is -2.05. The number of hydrogen-bond donors (Lipinski definition) is 3. The largest absolute Gasteiger partial charge is 0.319 e. The number of rotatable bonds is 2. The summed E-state index contributed by atoms with van der Waals surface area (Å²) in [5.41, 5.74) is 3.77. The number of aromatic nitrogens is 4. The summed E-state index contributed by atoms with van der Waals surface area (Å²) in [6.07, 6.45) is 1.72. The van der Waals surface area contributed by atoms with Crippen molar-refractivity contribution < 1.29 is 4.79 Å². The molecule has 2 aromatic heterocycles. The molecule has 1 amide bonds. The van der Waals surface area contributed by atoms with E-state index in [0.717, 1.165) is 28.0 Å². The Balaban J connectivity index is 1.91. The van der Waals surface area contributed by atoms with Gasteiger partial charge >= 0.3 is 0 Å². The molecule has 0 radical (unpaired) electrons. The second kappa shape index (κ2) is 4.24. The fourth-order valence-corrected chi connectivity index (χ4v) is 2.00. The Hall–Kier alpha value is -2.63. The normalized spacial score (nSPS) is 10.8. The number of aryl methyl sites for hydroxylation is 2. The van der Waals surface area contributed by atoms with Crippen LogP contribution in [-0.2, 0) is 0 Å². The zero-order valence-electron chi connectivity index (χ0n) is 10.6. The molecular formula is C13H13N5O. The van der Waals surface area contributed by atoms with Crippen LogP contribution in [0.1, 0.15) is 21.7 Å². The average molecular weight is 255 g/mol. The maximum Gasteiger partial charge on any atom is 0.255 e. The second-order valence-corrected chi connectivity index (χ2v) is 4.44. The van der Waals surface area contributed by atoms with Gasteiger partial charge in [0.1, 0.15) is 0 Å². The summed E-state index contributed by atoms with van der Waals surface area (Å²) in [5, 5.41) is 17.5. The Kier molecular flexibility index (Phi) is 2.56. The van der Waals surface area contributed by atoms with E-state index in [1.165, 1.54) is 0 Å². The molecule has 6 heteroatoms. The average Bonchev–Trinajstić information content (AvgIpc) is 2.99. The Morgan fingerprint density at radius 3 is 2.84 bits per heavy atom. The fourth-order valence-electron chi connectivity index (χ4n) is 2.00. The molecule has 0 unspecified atom stereocenters. The third-order valence-corrected chi connectivity index (χ3v) is 3.07. The molecule has 0 fully saturated rings. The van der Waals surface area contributed by atoms with Crippen molar-refractivity contribution in [3.05, 3.63) is 41.3 Å². The Morgan fingerprint density at radius 1 is 1.26 bits per heavy atom. The predicted octanol–water partition coefficient (Wildman–Crippen LogP) is 2.16. The number of benzene rings is 1. The summed E-state index contributed by atoms with van der Waals surface area (Å²) in [4.78, 5) is 12.2. The first kappa shape index (κ1) is 11.5. The maximum absolute atomic E-state index is 12.2. The van der Waals surface area contributed by atoms with Gasteiger partial charge in [0.15, 0.2) is 0 Å². The molecule has 6 nitrogen and oxygen atoms in total. The Labute approximate surface area is 109 Å². The molecule has 1 aromatic carbocycles. The van der Waals surface area contributed by atoms with Gasteiger partial charge in [0.25, 0.3) is 5.91 Å². The van der Waals surface area contributed by atoms with E-state index in [1.807, 2.05) is 19.9 Å². The molecule has 3 rings (SSSR count). The monoisotopic (exact) mass is 255 g/mol. The highest BCUT2D eigenvalue weighted by Gasteiger charge is 2.12. The number of amides is 1. The minimum atomic E-state index is -0.163. The first-order valence-corrected chi connectivity index (χ1v) is 5.91. The molecule has 0 aliphatic heterocycles. The molecule has 19 heavy (non-hydrogen) atoms. The number of aromatic amines is 2. The van der Waals surface area contributed by atoms with Gasteiger partial charge in [0, 0.05) is 10.9 Å².